The third-order valence-corrected chi connectivity index (χ3v) is 23.2. The molecular formula is C104H70N6S. The minimum atomic E-state index is 0.828. The quantitative estimate of drug-likeness (QED) is 0.116. The van der Waals surface area contributed by atoms with Crippen molar-refractivity contribution in [1.82, 2.24) is 22.4 Å². The monoisotopic (exact) mass is 1440 g/mol. The molecule has 0 aliphatic rings. The first-order valence-electron chi connectivity index (χ1n) is 39.8. The van der Waals surface area contributed by atoms with Crippen molar-refractivity contribution in [2.75, 3.05) is 4.90 Å². The largest absolute Gasteiger partial charge is 0.309 e. The highest BCUT2D eigenvalue weighted by atomic mass is 32.1. The Morgan fingerprint density at radius 2 is 0.486 bits per heavy atom. The van der Waals surface area contributed by atoms with Crippen molar-refractivity contribution >= 4 is 127 Å². The molecule has 0 spiro atoms. The summed E-state index contributed by atoms with van der Waals surface area (Å²) in [7, 11) is 0. The molecule has 0 bridgehead atoms. The lowest BCUT2D eigenvalue weighted by Crippen LogP contribution is -2.10. The Balaban J connectivity index is 0.00000211. The van der Waals surface area contributed by atoms with E-state index in [0.29, 0.717) is 0 Å². The van der Waals surface area contributed by atoms with Crippen molar-refractivity contribution in [2.24, 2.45) is 0 Å². The molecule has 18 aromatic carbocycles. The normalized spacial score (nSPS) is 11.9. The van der Waals surface area contributed by atoms with Gasteiger partial charge in [0.1, 0.15) is 11.0 Å². The lowest BCUT2D eigenvalue weighted by atomic mass is 9.99. The van der Waals surface area contributed by atoms with Crippen molar-refractivity contribution in [3.8, 4) is 95.0 Å². The fraction of sp³-hybridized carbons (Fsp3) is 0. The molecule has 0 saturated carbocycles. The van der Waals surface area contributed by atoms with Crippen LogP contribution in [0, 0.1) is 0 Å². The van der Waals surface area contributed by atoms with Gasteiger partial charge in [-0.1, -0.05) is 255 Å². The van der Waals surface area contributed by atoms with Crippen LogP contribution in [0.15, 0.2) is 400 Å². The van der Waals surface area contributed by atoms with Gasteiger partial charge in [-0.3, -0.25) is 0 Å². The van der Waals surface area contributed by atoms with Gasteiger partial charge in [0.2, 0.25) is 0 Å². The number of aromatic nitrogens is 5. The zero-order valence-corrected chi connectivity index (χ0v) is 61.0. The number of anilines is 3. The average Bonchev–Trinajstić information content (AvgIpc) is 1.57. The lowest BCUT2D eigenvalue weighted by Gasteiger charge is -2.26. The van der Waals surface area contributed by atoms with Gasteiger partial charge in [0.05, 0.1) is 50.5 Å². The van der Waals surface area contributed by atoms with Crippen LogP contribution in [0.2, 0.25) is 0 Å². The molecule has 22 aromatic rings. The third kappa shape index (κ3) is 10.9. The molecule has 522 valence electrons. The van der Waals surface area contributed by atoms with Crippen LogP contribution in [0.1, 0.15) is 5.94 Å². The summed E-state index contributed by atoms with van der Waals surface area (Å²) in [5.74, 6) is 0. The fourth-order valence-corrected chi connectivity index (χ4v) is 17.8. The summed E-state index contributed by atoms with van der Waals surface area (Å²) < 4.78 is 37.6. The van der Waals surface area contributed by atoms with Crippen LogP contribution in [0.5, 0.6) is 0 Å². The van der Waals surface area contributed by atoms with Crippen LogP contribution in [0.4, 0.5) is 17.1 Å². The Morgan fingerprint density at radius 3 is 0.856 bits per heavy atom. The first-order valence-corrected chi connectivity index (χ1v) is 38.6. The van der Waals surface area contributed by atoms with E-state index in [-0.39, 0.29) is 0 Å². The molecular weight excluding hydrogens is 1370 g/mol. The van der Waals surface area contributed by atoms with Crippen LogP contribution in [0.3, 0.4) is 0 Å². The van der Waals surface area contributed by atoms with E-state index < -0.39 is 0 Å². The third-order valence-electron chi connectivity index (χ3n) is 22.7. The molecule has 0 saturated heterocycles. The van der Waals surface area contributed by atoms with Gasteiger partial charge in [-0.25, -0.2) is 0 Å². The molecule has 22 rings (SSSR count). The Labute approximate surface area is 651 Å². The maximum atomic E-state index is 5.20. The van der Waals surface area contributed by atoms with E-state index in [9.17, 15) is 0 Å². The SMILES string of the molecule is [2H][2H].[2H][2H].c1ccc(-c2ccc(-n3c4ccc(-c5ccc(N(c6ccc(-c7ccc8c(c7)c7cc9ccccc9cc7n8-c7ccc(-c8ccccc8)cc7)cc6)c6ccc(-c7ccc(-n8c9ccc(-c%10ccccc%10)cc9c9cc(-c%10ccccc%10)ccc98)cc7)c7nsnc67)cc5)cc4c4cc5ccccc5cc43)cc2)cc1. The molecule has 0 atom stereocenters. The molecule has 4 heterocycles. The lowest BCUT2D eigenvalue weighted by molar-refractivity contribution is 1.18. The Kier molecular flexibility index (Phi) is 14.5. The predicted molar refractivity (Wildman–Crippen MR) is 472 cm³/mol. The highest BCUT2D eigenvalue weighted by Crippen LogP contribution is 2.46. The van der Waals surface area contributed by atoms with Gasteiger partial charge in [0.15, 0.2) is 0 Å². The highest BCUT2D eigenvalue weighted by molar-refractivity contribution is 7.00. The van der Waals surface area contributed by atoms with Crippen molar-refractivity contribution < 1.29 is 5.94 Å². The van der Waals surface area contributed by atoms with E-state index >= 15 is 0 Å². The molecule has 7 heteroatoms. The summed E-state index contributed by atoms with van der Waals surface area (Å²) in [5, 5.41) is 12.1. The van der Waals surface area contributed by atoms with Crippen LogP contribution < -0.4 is 4.90 Å². The maximum Gasteiger partial charge on any atom is 0.129 e. The molecule has 6 nitrogen and oxygen atoms in total. The molecule has 111 heavy (non-hydrogen) atoms. The summed E-state index contributed by atoms with van der Waals surface area (Å²) >= 11 is 1.26. The summed E-state index contributed by atoms with van der Waals surface area (Å²) in [6.45, 7) is 0. The standard InChI is InChI=1S/C104H66N6S.2H2/c1-5-17-67(18-6-1)71-29-47-87(48-30-71)109-98-56-41-82(63-92(98)94-59-76-25-13-15-27-78(76)65-101(94)109)73-33-43-84(44-34-73)107(85-45-35-74(36-46-85)83-42-57-99-93(64-83)95-60-77-26-14-16-28-79(77)66-102(95)110(99)88-49-31-72(32-50-88)68-19-7-2-8-20-68)100-58-53-89(103-104(100)106-111-105-103)75-37-51-86(52-38-75)108-96-54-39-80(69-21-9-3-10-22-69)61-90(96)91-62-81(40-55-97(91)108)70-23-11-4-12-24-70;;/h1-66H;2*1H/i;2*1+1D. The number of hydrogen-bond acceptors (Lipinski definition) is 4. The zero-order chi connectivity index (χ0) is 77.0. The molecule has 0 unspecified atom stereocenters. The van der Waals surface area contributed by atoms with Crippen LogP contribution in [-0.2, 0) is 0 Å². The topological polar surface area (TPSA) is 43.8 Å². The van der Waals surface area contributed by atoms with Gasteiger partial charge in [-0.15, -0.1) is 0 Å². The van der Waals surface area contributed by atoms with Crippen LogP contribution >= 0.6 is 11.7 Å². The van der Waals surface area contributed by atoms with Crippen molar-refractivity contribution in [1.29, 1.82) is 0 Å². The van der Waals surface area contributed by atoms with E-state index in [1.54, 1.807) is 0 Å². The van der Waals surface area contributed by atoms with E-state index in [4.69, 9.17) is 14.7 Å². The Bertz CT molecular complexity index is 7010. The van der Waals surface area contributed by atoms with E-state index in [2.05, 4.69) is 419 Å². The second-order valence-electron chi connectivity index (χ2n) is 29.0. The van der Waals surface area contributed by atoms with Crippen molar-refractivity contribution in [2.45, 2.75) is 0 Å². The predicted octanol–water partition coefficient (Wildman–Crippen LogP) is 28.9. The van der Waals surface area contributed by atoms with Crippen molar-refractivity contribution in [3.63, 3.8) is 0 Å². The maximum absolute atomic E-state index is 5.20. The molecule has 0 N–H and O–H groups in total. The second-order valence-corrected chi connectivity index (χ2v) is 29.5. The second kappa shape index (κ2) is 26.2. The van der Waals surface area contributed by atoms with E-state index in [1.165, 1.54) is 121 Å². The van der Waals surface area contributed by atoms with Crippen molar-refractivity contribution in [3.05, 3.63) is 400 Å². The van der Waals surface area contributed by atoms with Gasteiger partial charge in [0.25, 0.3) is 0 Å². The van der Waals surface area contributed by atoms with Crippen LogP contribution in [-0.4, -0.2) is 22.4 Å². The number of hydrogen-bond donors (Lipinski definition) is 0. The van der Waals surface area contributed by atoms with Crippen LogP contribution in [0.25, 0.3) is 193 Å². The van der Waals surface area contributed by atoms with Gasteiger partial charge in [-0.2, -0.15) is 8.75 Å². The molecule has 0 radical (unpaired) electrons. The summed E-state index contributed by atoms with van der Waals surface area (Å²) in [6.07, 6.45) is 0. The van der Waals surface area contributed by atoms with E-state index in [0.717, 1.165) is 101 Å². The first kappa shape index (κ1) is 61.6. The smallest absolute Gasteiger partial charge is 0.129 e. The Hall–Kier alpha value is -14.5. The van der Waals surface area contributed by atoms with Gasteiger partial charge >= 0.3 is 0 Å². The number of rotatable bonds is 13. The fourth-order valence-electron chi connectivity index (χ4n) is 17.2. The minimum absolute atomic E-state index is 0.828. The number of benzene rings is 18. The van der Waals surface area contributed by atoms with Gasteiger partial charge in [-0.05, 0) is 239 Å². The van der Waals surface area contributed by atoms with Gasteiger partial charge in [0, 0.05) is 72.3 Å². The zero-order valence-electron chi connectivity index (χ0n) is 64.2. The number of fused-ring (bicyclic) bond motifs is 12. The molecule has 0 amide bonds. The molecule has 0 fully saturated rings. The van der Waals surface area contributed by atoms with E-state index in [1.807, 2.05) is 0 Å². The highest BCUT2D eigenvalue weighted by Gasteiger charge is 2.24. The summed E-state index contributed by atoms with van der Waals surface area (Å²) in [5.41, 5.74) is 31.1. The minimum Gasteiger partial charge on any atom is -0.309 e. The molecule has 0 aliphatic carbocycles. The summed E-state index contributed by atoms with van der Waals surface area (Å²) in [4.78, 5) is 2.36. The van der Waals surface area contributed by atoms with Gasteiger partial charge < -0.3 is 18.6 Å². The Morgan fingerprint density at radius 1 is 0.216 bits per heavy atom. The molecule has 4 aromatic heterocycles. The first-order chi connectivity index (χ1) is 57.0. The average molecular weight is 1440 g/mol. The molecule has 0 aliphatic heterocycles. The number of nitrogens with zero attached hydrogens (tertiary/aromatic N) is 6. The summed E-state index contributed by atoms with van der Waals surface area (Å²) in [6, 6.07) is 147.